The number of hydrogen-bond donors (Lipinski definition) is 0. The molecule has 2 rings (SSSR count). The highest BCUT2D eigenvalue weighted by Crippen LogP contribution is 2.23. The van der Waals surface area contributed by atoms with Gasteiger partial charge in [-0.25, -0.2) is 0 Å². The van der Waals surface area contributed by atoms with E-state index in [1.165, 1.54) is 0 Å². The molecule has 1 aromatic heterocycles. The Balaban J connectivity index is 2.23. The van der Waals surface area contributed by atoms with E-state index in [0.29, 0.717) is 6.61 Å². The first-order chi connectivity index (χ1) is 7.15. The van der Waals surface area contributed by atoms with Crippen LogP contribution in [0.25, 0.3) is 11.0 Å². The van der Waals surface area contributed by atoms with E-state index in [-0.39, 0.29) is 6.10 Å². The number of fused-ring (bicyclic) bond motifs is 1. The number of ether oxygens (including phenoxy) is 1. The average Bonchev–Trinajstić information content (AvgIpc) is 2.56. The molecule has 0 spiro atoms. The van der Waals surface area contributed by atoms with Gasteiger partial charge in [0.15, 0.2) is 0 Å². The summed E-state index contributed by atoms with van der Waals surface area (Å²) in [6.45, 7) is 4.50. The Kier molecular flexibility index (Phi) is 2.98. The van der Waals surface area contributed by atoms with Crippen molar-refractivity contribution in [2.45, 2.75) is 26.6 Å². The molecule has 1 aromatic carbocycles. The van der Waals surface area contributed by atoms with Crippen LogP contribution in [0.1, 0.15) is 19.6 Å². The molecule has 0 amide bonds. The van der Waals surface area contributed by atoms with Gasteiger partial charge in [-0.3, -0.25) is 0 Å². The first-order valence-corrected chi connectivity index (χ1v) is 5.32. The summed E-state index contributed by atoms with van der Waals surface area (Å²) in [7, 11) is 0. The highest BCUT2D eigenvalue weighted by molar-refractivity contribution is 6.31. The molecule has 0 aliphatic heterocycles. The minimum Gasteiger partial charge on any atom is -0.459 e. The molecule has 0 aliphatic rings. The molecule has 15 heavy (non-hydrogen) atoms. The van der Waals surface area contributed by atoms with Crippen LogP contribution < -0.4 is 0 Å². The molecule has 80 valence electrons. The van der Waals surface area contributed by atoms with E-state index in [1.807, 2.05) is 38.1 Å². The molecular weight excluding hydrogens is 212 g/mol. The molecule has 3 heteroatoms. The minimum absolute atomic E-state index is 0.210. The predicted octanol–water partition coefficient (Wildman–Crippen LogP) is 4.01. The van der Waals surface area contributed by atoms with Crippen LogP contribution in [-0.4, -0.2) is 6.10 Å². The van der Waals surface area contributed by atoms with Crippen LogP contribution in [0.2, 0.25) is 5.02 Å². The van der Waals surface area contributed by atoms with Crippen LogP contribution >= 0.6 is 11.6 Å². The quantitative estimate of drug-likeness (QED) is 0.786. The Morgan fingerprint density at radius 1 is 1.33 bits per heavy atom. The van der Waals surface area contributed by atoms with Crippen molar-refractivity contribution < 1.29 is 9.15 Å². The molecule has 0 saturated carbocycles. The molecule has 2 aromatic rings. The van der Waals surface area contributed by atoms with Gasteiger partial charge in [0.2, 0.25) is 0 Å². The maximum absolute atomic E-state index is 5.88. The normalized spacial score (nSPS) is 11.5. The Morgan fingerprint density at radius 3 is 2.87 bits per heavy atom. The van der Waals surface area contributed by atoms with E-state index < -0.39 is 0 Å². The van der Waals surface area contributed by atoms with Crippen LogP contribution in [-0.2, 0) is 11.3 Å². The van der Waals surface area contributed by atoms with Gasteiger partial charge in [-0.15, -0.1) is 0 Å². The van der Waals surface area contributed by atoms with Crippen LogP contribution in [0.4, 0.5) is 0 Å². The third-order valence-corrected chi connectivity index (χ3v) is 2.32. The molecule has 0 atom stereocenters. The fourth-order valence-corrected chi connectivity index (χ4v) is 1.57. The lowest BCUT2D eigenvalue weighted by Crippen LogP contribution is -2.01. The van der Waals surface area contributed by atoms with Crippen molar-refractivity contribution in [1.29, 1.82) is 0 Å². The number of benzene rings is 1. The summed E-state index contributed by atoms with van der Waals surface area (Å²) in [4.78, 5) is 0. The van der Waals surface area contributed by atoms with Gasteiger partial charge in [0.25, 0.3) is 0 Å². The number of halogens is 1. The zero-order chi connectivity index (χ0) is 10.8. The lowest BCUT2D eigenvalue weighted by molar-refractivity contribution is 0.0553. The number of hydrogen-bond acceptors (Lipinski definition) is 2. The third-order valence-electron chi connectivity index (χ3n) is 2.09. The van der Waals surface area contributed by atoms with E-state index in [1.54, 1.807) is 0 Å². The van der Waals surface area contributed by atoms with E-state index in [9.17, 15) is 0 Å². The van der Waals surface area contributed by atoms with Gasteiger partial charge < -0.3 is 9.15 Å². The number of rotatable bonds is 3. The van der Waals surface area contributed by atoms with E-state index in [4.69, 9.17) is 20.8 Å². The van der Waals surface area contributed by atoms with Crippen molar-refractivity contribution >= 4 is 22.6 Å². The Morgan fingerprint density at radius 2 is 2.13 bits per heavy atom. The van der Waals surface area contributed by atoms with Crippen LogP contribution in [0, 0.1) is 0 Å². The maximum atomic E-state index is 5.88. The monoisotopic (exact) mass is 224 g/mol. The largest absolute Gasteiger partial charge is 0.459 e. The zero-order valence-corrected chi connectivity index (χ0v) is 9.54. The van der Waals surface area contributed by atoms with Crippen molar-refractivity contribution in [3.05, 3.63) is 35.0 Å². The summed E-state index contributed by atoms with van der Waals surface area (Å²) < 4.78 is 11.1. The van der Waals surface area contributed by atoms with Gasteiger partial charge in [-0.2, -0.15) is 0 Å². The third kappa shape index (κ3) is 2.52. The second-order valence-corrected chi connectivity index (χ2v) is 4.19. The van der Waals surface area contributed by atoms with Crippen LogP contribution in [0.5, 0.6) is 0 Å². The van der Waals surface area contributed by atoms with E-state index >= 15 is 0 Å². The second-order valence-electron chi connectivity index (χ2n) is 3.75. The first kappa shape index (κ1) is 10.5. The van der Waals surface area contributed by atoms with Gasteiger partial charge in [0.05, 0.1) is 6.10 Å². The smallest absolute Gasteiger partial charge is 0.134 e. The highest BCUT2D eigenvalue weighted by Gasteiger charge is 2.05. The summed E-state index contributed by atoms with van der Waals surface area (Å²) in [5, 5.41) is 1.74. The predicted molar refractivity (Wildman–Crippen MR) is 61.1 cm³/mol. The minimum atomic E-state index is 0.210. The SMILES string of the molecule is CC(C)OCc1cc2cc(Cl)ccc2o1. The van der Waals surface area contributed by atoms with Crippen molar-refractivity contribution in [2.75, 3.05) is 0 Å². The fraction of sp³-hybridized carbons (Fsp3) is 0.333. The molecule has 0 bridgehead atoms. The van der Waals surface area contributed by atoms with Gasteiger partial charge in [0, 0.05) is 10.4 Å². The molecular formula is C12H13ClO2. The highest BCUT2D eigenvalue weighted by atomic mass is 35.5. The molecule has 0 radical (unpaired) electrons. The van der Waals surface area contributed by atoms with E-state index in [0.717, 1.165) is 21.8 Å². The van der Waals surface area contributed by atoms with Crippen LogP contribution in [0.15, 0.2) is 28.7 Å². The van der Waals surface area contributed by atoms with Gasteiger partial charge in [0.1, 0.15) is 18.0 Å². The lowest BCUT2D eigenvalue weighted by Gasteiger charge is -2.03. The second kappa shape index (κ2) is 4.25. The summed E-state index contributed by atoms with van der Waals surface area (Å²) >= 11 is 5.88. The topological polar surface area (TPSA) is 22.4 Å². The number of furan rings is 1. The van der Waals surface area contributed by atoms with Crippen molar-refractivity contribution in [3.8, 4) is 0 Å². The summed E-state index contributed by atoms with van der Waals surface area (Å²) in [5.41, 5.74) is 0.849. The lowest BCUT2D eigenvalue weighted by atomic mass is 10.2. The molecule has 0 saturated heterocycles. The maximum Gasteiger partial charge on any atom is 0.134 e. The molecule has 1 heterocycles. The first-order valence-electron chi connectivity index (χ1n) is 4.95. The van der Waals surface area contributed by atoms with Crippen molar-refractivity contribution in [3.63, 3.8) is 0 Å². The van der Waals surface area contributed by atoms with Crippen molar-refractivity contribution in [1.82, 2.24) is 0 Å². The Hall–Kier alpha value is -0.990. The molecule has 0 N–H and O–H groups in total. The molecule has 0 fully saturated rings. The Bertz CT molecular complexity index is 460. The van der Waals surface area contributed by atoms with Gasteiger partial charge in [-0.05, 0) is 38.1 Å². The Labute approximate surface area is 93.8 Å². The average molecular weight is 225 g/mol. The molecule has 0 unspecified atom stereocenters. The molecule has 0 aliphatic carbocycles. The standard InChI is InChI=1S/C12H13ClO2/c1-8(2)14-7-11-6-9-5-10(13)3-4-12(9)15-11/h3-6,8H,7H2,1-2H3. The van der Waals surface area contributed by atoms with Gasteiger partial charge >= 0.3 is 0 Å². The zero-order valence-electron chi connectivity index (χ0n) is 8.79. The van der Waals surface area contributed by atoms with Crippen molar-refractivity contribution in [2.24, 2.45) is 0 Å². The molecule has 2 nitrogen and oxygen atoms in total. The summed E-state index contributed by atoms with van der Waals surface area (Å²) in [6.07, 6.45) is 0.210. The fourth-order valence-electron chi connectivity index (χ4n) is 1.39. The van der Waals surface area contributed by atoms with Gasteiger partial charge in [-0.1, -0.05) is 11.6 Å². The van der Waals surface area contributed by atoms with Crippen LogP contribution in [0.3, 0.4) is 0 Å². The van der Waals surface area contributed by atoms with E-state index in [2.05, 4.69) is 0 Å². The summed E-state index contributed by atoms with van der Waals surface area (Å²) in [5.74, 6) is 0.834. The summed E-state index contributed by atoms with van der Waals surface area (Å²) in [6, 6.07) is 7.54.